The number of rotatable bonds is 8. The summed E-state index contributed by atoms with van der Waals surface area (Å²) < 4.78 is 5.54. The second-order valence-electron chi connectivity index (χ2n) is 5.68. The first-order chi connectivity index (χ1) is 10.0. The average molecular weight is 299 g/mol. The summed E-state index contributed by atoms with van der Waals surface area (Å²) in [7, 11) is 0. The van der Waals surface area contributed by atoms with Crippen LogP contribution in [0, 0.1) is 11.8 Å². The molecule has 21 heavy (non-hydrogen) atoms. The second-order valence-corrected chi connectivity index (χ2v) is 5.68. The largest absolute Gasteiger partial charge is 0.481 e. The van der Waals surface area contributed by atoms with E-state index >= 15 is 0 Å². The van der Waals surface area contributed by atoms with E-state index < -0.39 is 23.8 Å². The van der Waals surface area contributed by atoms with E-state index in [4.69, 9.17) is 9.84 Å². The lowest BCUT2D eigenvalue weighted by molar-refractivity contribution is -0.147. The van der Waals surface area contributed by atoms with Crippen LogP contribution >= 0.6 is 0 Å². The molecule has 2 fully saturated rings. The lowest BCUT2D eigenvalue weighted by Gasteiger charge is -2.23. The molecule has 0 spiro atoms. The van der Waals surface area contributed by atoms with Gasteiger partial charge in [-0.3, -0.25) is 14.4 Å². The number of carboxylic acids is 2. The summed E-state index contributed by atoms with van der Waals surface area (Å²) in [5.41, 5.74) is 0. The predicted octanol–water partition coefficient (Wildman–Crippen LogP) is 0.626. The molecule has 0 aromatic heterocycles. The lowest BCUT2D eigenvalue weighted by atomic mass is 9.78. The monoisotopic (exact) mass is 299 g/mol. The van der Waals surface area contributed by atoms with Gasteiger partial charge >= 0.3 is 11.9 Å². The van der Waals surface area contributed by atoms with Crippen LogP contribution in [0.2, 0.25) is 0 Å². The fourth-order valence-electron chi connectivity index (χ4n) is 3.23. The molecule has 0 aromatic rings. The van der Waals surface area contributed by atoms with Crippen LogP contribution in [0.25, 0.3) is 0 Å². The number of fused-ring (bicyclic) bond motifs is 2. The van der Waals surface area contributed by atoms with Crippen LogP contribution in [0.1, 0.15) is 38.5 Å². The Hall–Kier alpha value is -1.63. The van der Waals surface area contributed by atoms with Gasteiger partial charge in [0.05, 0.1) is 24.0 Å². The summed E-state index contributed by atoms with van der Waals surface area (Å²) in [5, 5.41) is 20.5. The normalized spacial score (nSPS) is 30.3. The molecule has 2 rings (SSSR count). The molecule has 4 atom stereocenters. The highest BCUT2D eigenvalue weighted by Gasteiger charge is 2.55. The number of unbranched alkanes of at least 4 members (excludes halogenated alkanes) is 2. The van der Waals surface area contributed by atoms with E-state index in [1.54, 1.807) is 0 Å². The maximum atomic E-state index is 12.1. The molecule has 2 bridgehead atoms. The van der Waals surface area contributed by atoms with Crippen molar-refractivity contribution in [3.63, 3.8) is 0 Å². The quantitative estimate of drug-likeness (QED) is 0.566. The van der Waals surface area contributed by atoms with Crippen molar-refractivity contribution < 1.29 is 29.3 Å². The molecule has 118 valence electrons. The standard InChI is InChI=1S/C14H21NO6/c16-10(17)4-2-1-3-7-15-13(18)11-8-5-6-9(21-8)12(11)14(19)20/h8-9,11-12H,1-7H2,(H,15,18)(H,16,17)(H,19,20). The Morgan fingerprint density at radius 3 is 2.29 bits per heavy atom. The zero-order valence-electron chi connectivity index (χ0n) is 11.8. The molecule has 3 N–H and O–H groups in total. The van der Waals surface area contributed by atoms with E-state index in [9.17, 15) is 19.5 Å². The summed E-state index contributed by atoms with van der Waals surface area (Å²) in [5.74, 6) is -3.38. The third kappa shape index (κ3) is 3.72. The van der Waals surface area contributed by atoms with E-state index in [0.717, 1.165) is 12.8 Å². The van der Waals surface area contributed by atoms with Gasteiger partial charge in [-0.05, 0) is 25.7 Å². The first-order valence-corrected chi connectivity index (χ1v) is 7.38. The number of amides is 1. The van der Waals surface area contributed by atoms with Gasteiger partial charge in [-0.2, -0.15) is 0 Å². The number of carboxylic acid groups (broad SMARTS) is 2. The SMILES string of the molecule is O=C(O)CCCCCNC(=O)C1C2CCC(O2)C1C(=O)O. The number of nitrogens with one attached hydrogen (secondary N) is 1. The highest BCUT2D eigenvalue weighted by Crippen LogP contribution is 2.43. The molecular formula is C14H21NO6. The van der Waals surface area contributed by atoms with E-state index in [1.165, 1.54) is 0 Å². The topological polar surface area (TPSA) is 113 Å². The minimum absolute atomic E-state index is 0.134. The van der Waals surface area contributed by atoms with Gasteiger partial charge in [0.1, 0.15) is 0 Å². The molecular weight excluding hydrogens is 278 g/mol. The first-order valence-electron chi connectivity index (χ1n) is 7.38. The van der Waals surface area contributed by atoms with Crippen LogP contribution < -0.4 is 5.32 Å². The molecule has 2 aliphatic heterocycles. The highest BCUT2D eigenvalue weighted by atomic mass is 16.5. The molecule has 7 nitrogen and oxygen atoms in total. The lowest BCUT2D eigenvalue weighted by Crippen LogP contribution is -2.44. The smallest absolute Gasteiger partial charge is 0.310 e. The Bertz CT molecular complexity index is 424. The zero-order valence-corrected chi connectivity index (χ0v) is 11.8. The number of hydrogen-bond acceptors (Lipinski definition) is 4. The predicted molar refractivity (Wildman–Crippen MR) is 71.6 cm³/mol. The van der Waals surface area contributed by atoms with Gasteiger partial charge in [-0.25, -0.2) is 0 Å². The number of hydrogen-bond donors (Lipinski definition) is 3. The summed E-state index contributed by atoms with van der Waals surface area (Å²) in [6.07, 6.45) is 2.98. The summed E-state index contributed by atoms with van der Waals surface area (Å²) in [4.78, 5) is 33.8. The number of carbonyl (C=O) groups excluding carboxylic acids is 1. The molecule has 1 amide bonds. The Morgan fingerprint density at radius 2 is 1.67 bits per heavy atom. The van der Waals surface area contributed by atoms with Crippen LogP contribution in [0.5, 0.6) is 0 Å². The van der Waals surface area contributed by atoms with Gasteiger partial charge in [-0.15, -0.1) is 0 Å². The van der Waals surface area contributed by atoms with Crippen LogP contribution in [0.3, 0.4) is 0 Å². The van der Waals surface area contributed by atoms with Crippen molar-refractivity contribution in [1.82, 2.24) is 5.32 Å². The fraction of sp³-hybridized carbons (Fsp3) is 0.786. The fourth-order valence-corrected chi connectivity index (χ4v) is 3.23. The van der Waals surface area contributed by atoms with Crippen molar-refractivity contribution in [2.24, 2.45) is 11.8 Å². The molecule has 0 saturated carbocycles. The minimum atomic E-state index is -0.969. The molecule has 4 unspecified atom stereocenters. The molecule has 0 aliphatic carbocycles. The Balaban J connectivity index is 1.73. The maximum Gasteiger partial charge on any atom is 0.310 e. The van der Waals surface area contributed by atoms with Crippen molar-refractivity contribution in [3.05, 3.63) is 0 Å². The Morgan fingerprint density at radius 1 is 1.00 bits per heavy atom. The third-order valence-corrected chi connectivity index (χ3v) is 4.23. The van der Waals surface area contributed by atoms with Gasteiger partial charge in [0.15, 0.2) is 0 Å². The zero-order chi connectivity index (χ0) is 15.4. The molecule has 7 heteroatoms. The van der Waals surface area contributed by atoms with Crippen molar-refractivity contribution in [2.45, 2.75) is 50.7 Å². The van der Waals surface area contributed by atoms with Gasteiger partial charge in [-0.1, -0.05) is 6.42 Å². The summed E-state index contributed by atoms with van der Waals surface area (Å²) >= 11 is 0. The first kappa shape index (κ1) is 15.8. The van der Waals surface area contributed by atoms with Crippen molar-refractivity contribution in [3.8, 4) is 0 Å². The summed E-state index contributed by atoms with van der Waals surface area (Å²) in [6, 6.07) is 0. The van der Waals surface area contributed by atoms with Crippen LogP contribution in [-0.4, -0.2) is 46.8 Å². The third-order valence-electron chi connectivity index (χ3n) is 4.23. The molecule has 2 saturated heterocycles. The Kier molecular flexibility index (Phi) is 5.17. The average Bonchev–Trinajstić information content (AvgIpc) is 3.02. The van der Waals surface area contributed by atoms with E-state index in [1.807, 2.05) is 0 Å². The number of aliphatic carboxylic acids is 2. The van der Waals surface area contributed by atoms with E-state index in [2.05, 4.69) is 5.32 Å². The van der Waals surface area contributed by atoms with Crippen molar-refractivity contribution >= 4 is 17.8 Å². The minimum Gasteiger partial charge on any atom is -0.481 e. The van der Waals surface area contributed by atoms with Crippen LogP contribution in [0.4, 0.5) is 0 Å². The summed E-state index contributed by atoms with van der Waals surface area (Å²) in [6.45, 7) is 0.443. The number of ether oxygens (including phenoxy) is 1. The molecule has 0 radical (unpaired) electrons. The second kappa shape index (κ2) is 6.89. The van der Waals surface area contributed by atoms with Crippen molar-refractivity contribution in [1.29, 1.82) is 0 Å². The highest BCUT2D eigenvalue weighted by molar-refractivity contribution is 5.86. The van der Waals surface area contributed by atoms with Gasteiger partial charge in [0, 0.05) is 13.0 Å². The van der Waals surface area contributed by atoms with Gasteiger partial charge in [0.2, 0.25) is 5.91 Å². The van der Waals surface area contributed by atoms with Crippen LogP contribution in [0.15, 0.2) is 0 Å². The van der Waals surface area contributed by atoms with Crippen LogP contribution in [-0.2, 0) is 19.1 Å². The molecule has 0 aromatic carbocycles. The molecule has 2 heterocycles. The maximum absolute atomic E-state index is 12.1. The molecule has 2 aliphatic rings. The van der Waals surface area contributed by atoms with E-state index in [-0.39, 0.29) is 24.5 Å². The van der Waals surface area contributed by atoms with E-state index in [0.29, 0.717) is 25.8 Å². The Labute approximate surface area is 122 Å². The van der Waals surface area contributed by atoms with Gasteiger partial charge in [0.25, 0.3) is 0 Å². The van der Waals surface area contributed by atoms with Gasteiger partial charge < -0.3 is 20.3 Å². The van der Waals surface area contributed by atoms with Crippen molar-refractivity contribution in [2.75, 3.05) is 6.54 Å². The number of carbonyl (C=O) groups is 3.